The Morgan fingerprint density at radius 2 is 1.83 bits per heavy atom. The maximum Gasteiger partial charge on any atom is 0.421 e. The largest absolute Gasteiger partial charge is 0.421 e. The molecule has 4 aliphatic rings. The first-order valence-electron chi connectivity index (χ1n) is 21.8. The van der Waals surface area contributed by atoms with Gasteiger partial charge >= 0.3 is 11.9 Å². The molecule has 4 fully saturated rings. The standard InChI is InChI=1S/C45H55F3N10O6S/c1-29-21-33(12-13-35(29)51-40-49-24-34(45(46,47)48)39(52-40)56-17-8-15-43(4,62)27-56)65(63,64)53-31-22-32(23-31)55-19-20-57(42(2,3)26-55)18-7-10-30-9-6-11-36-38(30)54(5)41(61)58(36)44(28-59)16-14-37(60)50-25-44/h6,9,11-13,21,24,28,31-32,53,62H,8,14-20,22-23,25-27H2,1-5H3,(H,50,60)(H,49,51,52)/t31?,32?,43-,44?/m0/s1. The summed E-state index contributed by atoms with van der Waals surface area (Å²) in [5.74, 6) is 6.02. The van der Waals surface area contributed by atoms with Gasteiger partial charge < -0.3 is 25.4 Å². The first-order valence-corrected chi connectivity index (χ1v) is 23.3. The summed E-state index contributed by atoms with van der Waals surface area (Å²) in [6.45, 7) is 10.7. The molecule has 348 valence electrons. The quantitative estimate of drug-likeness (QED) is 0.134. The fourth-order valence-electron chi connectivity index (χ4n) is 9.72. The molecule has 20 heteroatoms. The number of hydrogen-bond acceptors (Lipinski definition) is 12. The van der Waals surface area contributed by atoms with E-state index < -0.39 is 32.9 Å². The van der Waals surface area contributed by atoms with E-state index in [4.69, 9.17) is 0 Å². The maximum atomic E-state index is 14.0. The first kappa shape index (κ1) is 46.2. The van der Waals surface area contributed by atoms with Gasteiger partial charge in [-0.15, -0.1) is 0 Å². The lowest BCUT2D eigenvalue weighted by Crippen LogP contribution is -2.64. The van der Waals surface area contributed by atoms with Crippen LogP contribution in [0.4, 0.5) is 30.6 Å². The molecule has 0 spiro atoms. The fourth-order valence-corrected chi connectivity index (χ4v) is 11.1. The van der Waals surface area contributed by atoms with E-state index in [9.17, 15) is 41.1 Å². The van der Waals surface area contributed by atoms with Crippen LogP contribution in [0.5, 0.6) is 0 Å². The second-order valence-corrected chi connectivity index (χ2v) is 20.6. The molecule has 1 saturated carbocycles. The van der Waals surface area contributed by atoms with Crippen LogP contribution in [0.1, 0.15) is 76.0 Å². The molecule has 3 aliphatic heterocycles. The molecule has 3 saturated heterocycles. The van der Waals surface area contributed by atoms with E-state index in [0.29, 0.717) is 66.6 Å². The highest BCUT2D eigenvalue weighted by Gasteiger charge is 2.43. The van der Waals surface area contributed by atoms with Crippen molar-refractivity contribution in [2.75, 3.05) is 56.0 Å². The number of benzene rings is 2. The molecule has 0 radical (unpaired) electrons. The Hall–Kier alpha value is -5.33. The molecule has 1 unspecified atom stereocenters. The molecule has 16 nitrogen and oxygen atoms in total. The number of aliphatic hydroxyl groups is 1. The van der Waals surface area contributed by atoms with Gasteiger partial charge in [-0.1, -0.05) is 17.9 Å². The minimum Gasteiger partial charge on any atom is -0.388 e. The average Bonchev–Trinajstić information content (AvgIpc) is 3.49. The third-order valence-corrected chi connectivity index (χ3v) is 15.0. The number of imidazole rings is 1. The van der Waals surface area contributed by atoms with Gasteiger partial charge in [0.15, 0.2) is 0 Å². The number of sulfonamides is 1. The fraction of sp³-hybridized carbons (Fsp3) is 0.533. The Morgan fingerprint density at radius 3 is 2.49 bits per heavy atom. The number of halogens is 3. The zero-order valence-corrected chi connectivity index (χ0v) is 37.9. The van der Waals surface area contributed by atoms with Crippen molar-refractivity contribution >= 4 is 50.7 Å². The van der Waals surface area contributed by atoms with Crippen molar-refractivity contribution in [3.05, 3.63) is 69.8 Å². The number of nitrogens with one attached hydrogen (secondary N) is 3. The SMILES string of the molecule is Cc1cc(S(=O)(=O)NC2CC(N3CCN(CC#Cc4cccc5c4n(C)c(=O)n5C4(C=O)CCC(=O)NC4)C(C)(C)C3)C2)ccc1Nc1ncc(C(F)(F)F)c(N2CCC[C@](C)(O)C2)n1. The summed E-state index contributed by atoms with van der Waals surface area (Å²) in [6.07, 6.45) is -0.607. The zero-order valence-electron chi connectivity index (χ0n) is 37.1. The lowest BCUT2D eigenvalue weighted by molar-refractivity contribution is -0.137. The Morgan fingerprint density at radius 1 is 1.06 bits per heavy atom. The Balaban J connectivity index is 0.866. The molecule has 4 aromatic rings. The van der Waals surface area contributed by atoms with Crippen molar-refractivity contribution in [3.8, 4) is 11.8 Å². The number of fused-ring (bicyclic) bond motifs is 1. The van der Waals surface area contributed by atoms with E-state index in [-0.39, 0.29) is 71.8 Å². The van der Waals surface area contributed by atoms with Crippen molar-refractivity contribution in [2.45, 2.75) is 106 Å². The lowest BCUT2D eigenvalue weighted by atomic mass is 9.84. The summed E-state index contributed by atoms with van der Waals surface area (Å²) >= 11 is 0. The van der Waals surface area contributed by atoms with Crippen LogP contribution in [-0.2, 0) is 38.4 Å². The number of aryl methyl sites for hydroxylation is 2. The van der Waals surface area contributed by atoms with Crippen molar-refractivity contribution in [3.63, 3.8) is 0 Å². The number of β-amino-alcohol motifs (C(OH)–C–C–N with tert-alkyl or cyclic N) is 1. The van der Waals surface area contributed by atoms with E-state index in [1.165, 1.54) is 32.2 Å². The Labute approximate surface area is 375 Å². The maximum absolute atomic E-state index is 14.0. The molecule has 4 N–H and O–H groups in total. The van der Waals surface area contributed by atoms with Crippen LogP contribution in [0.2, 0.25) is 0 Å². The molecule has 2 aromatic carbocycles. The summed E-state index contributed by atoms with van der Waals surface area (Å²) in [7, 11) is -2.23. The summed E-state index contributed by atoms with van der Waals surface area (Å²) in [4.78, 5) is 52.2. The van der Waals surface area contributed by atoms with Crippen LogP contribution >= 0.6 is 0 Å². The van der Waals surface area contributed by atoms with Gasteiger partial charge in [-0.3, -0.25) is 23.7 Å². The number of carbonyl (C=O) groups is 2. The molecule has 2 aromatic heterocycles. The molecular formula is C45H55F3N10O6S. The number of aromatic nitrogens is 4. The van der Waals surface area contributed by atoms with Gasteiger partial charge in [0, 0.05) is 82.2 Å². The second-order valence-electron chi connectivity index (χ2n) is 18.9. The highest BCUT2D eigenvalue weighted by atomic mass is 32.2. The number of rotatable bonds is 10. The van der Waals surface area contributed by atoms with Gasteiger partial charge in [-0.25, -0.2) is 22.9 Å². The predicted molar refractivity (Wildman–Crippen MR) is 238 cm³/mol. The number of aldehydes is 1. The predicted octanol–water partition coefficient (Wildman–Crippen LogP) is 3.61. The topological polar surface area (TPSA) is 187 Å². The van der Waals surface area contributed by atoms with Crippen LogP contribution in [0.3, 0.4) is 0 Å². The Bertz CT molecular complexity index is 2740. The third-order valence-electron chi connectivity index (χ3n) is 13.5. The van der Waals surface area contributed by atoms with Gasteiger partial charge in [0.2, 0.25) is 21.9 Å². The van der Waals surface area contributed by atoms with Crippen molar-refractivity contribution in [1.29, 1.82) is 0 Å². The molecule has 0 bridgehead atoms. The smallest absolute Gasteiger partial charge is 0.388 e. The number of piperazine rings is 1. The van der Waals surface area contributed by atoms with Crippen LogP contribution < -0.4 is 25.9 Å². The van der Waals surface area contributed by atoms with Crippen molar-refractivity contribution in [2.24, 2.45) is 7.05 Å². The molecule has 8 rings (SSSR count). The van der Waals surface area contributed by atoms with E-state index in [1.807, 2.05) is 12.1 Å². The number of para-hydroxylation sites is 1. The number of nitrogens with zero attached hydrogens (tertiary/aromatic N) is 7. The number of carbonyl (C=O) groups excluding carboxylic acids is 2. The average molecular weight is 921 g/mol. The molecule has 2 atom stereocenters. The number of amides is 1. The summed E-state index contributed by atoms with van der Waals surface area (Å²) < 4.78 is 74.8. The molecule has 5 heterocycles. The van der Waals surface area contributed by atoms with E-state index in [1.54, 1.807) is 27.0 Å². The minimum absolute atomic E-state index is 0.0163. The molecule has 1 amide bonds. The van der Waals surface area contributed by atoms with Crippen LogP contribution in [0.15, 0.2) is 52.3 Å². The van der Waals surface area contributed by atoms with Crippen LogP contribution in [0.25, 0.3) is 11.0 Å². The van der Waals surface area contributed by atoms with Crippen molar-refractivity contribution in [1.82, 2.24) is 38.9 Å². The normalized spacial score (nSPS) is 25.4. The monoisotopic (exact) mass is 920 g/mol. The third kappa shape index (κ3) is 9.26. The molecule has 1 aliphatic carbocycles. The number of alkyl halides is 3. The van der Waals surface area contributed by atoms with Crippen LogP contribution in [-0.4, -0.2) is 124 Å². The number of hydrogen-bond donors (Lipinski definition) is 4. The van der Waals surface area contributed by atoms with Gasteiger partial charge in [-0.05, 0) is 95.7 Å². The van der Waals surface area contributed by atoms with E-state index in [0.717, 1.165) is 32.1 Å². The van der Waals surface area contributed by atoms with Gasteiger partial charge in [0.1, 0.15) is 23.2 Å². The Kier molecular flexibility index (Phi) is 12.2. The lowest BCUT2D eigenvalue weighted by Gasteiger charge is -2.52. The van der Waals surface area contributed by atoms with Gasteiger partial charge in [0.25, 0.3) is 0 Å². The zero-order chi connectivity index (χ0) is 46.7. The van der Waals surface area contributed by atoms with E-state index >= 15 is 0 Å². The highest BCUT2D eigenvalue weighted by Crippen LogP contribution is 2.38. The van der Waals surface area contributed by atoms with Crippen LogP contribution in [0, 0.1) is 18.8 Å². The number of anilines is 3. The first-order chi connectivity index (χ1) is 30.6. The van der Waals surface area contributed by atoms with Gasteiger partial charge in [0.05, 0.1) is 33.6 Å². The van der Waals surface area contributed by atoms with E-state index in [2.05, 4.69) is 60.8 Å². The highest BCUT2D eigenvalue weighted by molar-refractivity contribution is 7.89. The van der Waals surface area contributed by atoms with Gasteiger partial charge in [-0.2, -0.15) is 18.2 Å². The summed E-state index contributed by atoms with van der Waals surface area (Å²) in [6, 6.07) is 9.88. The molecular weight excluding hydrogens is 866 g/mol. The number of piperidine rings is 2. The summed E-state index contributed by atoms with van der Waals surface area (Å²) in [5.41, 5.74) is -1.12. The second kappa shape index (κ2) is 17.1. The minimum atomic E-state index is -4.71. The van der Waals surface area contributed by atoms with Crippen molar-refractivity contribution < 1.29 is 36.3 Å². The molecule has 65 heavy (non-hydrogen) atoms. The summed E-state index contributed by atoms with van der Waals surface area (Å²) in [5, 5.41) is 16.3.